The van der Waals surface area contributed by atoms with Crippen LogP contribution < -0.4 is 10.1 Å². The maximum atomic E-state index is 12.6. The number of halogens is 3. The number of thiazole rings is 1. The number of nitrogens with one attached hydrogen (secondary N) is 1. The second-order valence-corrected chi connectivity index (χ2v) is 6.73. The van der Waals surface area contributed by atoms with Gasteiger partial charge in [-0.25, -0.2) is 4.98 Å². The fourth-order valence-electron chi connectivity index (χ4n) is 2.35. The largest absolute Gasteiger partial charge is 0.486 e. The maximum absolute atomic E-state index is 12.6. The molecule has 0 unspecified atom stereocenters. The highest BCUT2D eigenvalue weighted by Crippen LogP contribution is 2.30. The number of hydrogen-bond acceptors (Lipinski definition) is 4. The van der Waals surface area contributed by atoms with Crippen LogP contribution in [0.4, 0.5) is 18.9 Å². The van der Waals surface area contributed by atoms with E-state index in [0.717, 1.165) is 22.8 Å². The molecule has 0 bridgehead atoms. The van der Waals surface area contributed by atoms with Crippen LogP contribution >= 0.6 is 11.3 Å². The molecule has 0 aliphatic rings. The Hall–Kier alpha value is -2.87. The molecule has 8 heteroatoms. The number of aryl methyl sites for hydroxylation is 1. The molecule has 1 amide bonds. The molecule has 0 aliphatic carbocycles. The summed E-state index contributed by atoms with van der Waals surface area (Å²) >= 11 is 1.50. The van der Waals surface area contributed by atoms with Gasteiger partial charge in [-0.3, -0.25) is 4.79 Å². The van der Waals surface area contributed by atoms with E-state index in [1.807, 2.05) is 12.3 Å². The van der Waals surface area contributed by atoms with Gasteiger partial charge >= 0.3 is 6.18 Å². The van der Waals surface area contributed by atoms with Gasteiger partial charge in [0.1, 0.15) is 12.4 Å². The molecule has 0 saturated carbocycles. The van der Waals surface area contributed by atoms with E-state index in [-0.39, 0.29) is 17.9 Å². The van der Waals surface area contributed by atoms with Crippen LogP contribution in [0.2, 0.25) is 0 Å². The van der Waals surface area contributed by atoms with Crippen molar-refractivity contribution in [3.63, 3.8) is 0 Å². The Balaban J connectivity index is 1.71. The third-order valence-electron chi connectivity index (χ3n) is 3.64. The maximum Gasteiger partial charge on any atom is 0.416 e. The van der Waals surface area contributed by atoms with Crippen molar-refractivity contribution in [3.05, 3.63) is 75.7 Å². The molecule has 1 aromatic heterocycles. The Labute approximate surface area is 157 Å². The average molecular weight is 392 g/mol. The summed E-state index contributed by atoms with van der Waals surface area (Å²) in [7, 11) is 0. The molecule has 1 heterocycles. The SMILES string of the molecule is Cc1nc(COc2ccccc2C(=O)Nc2ccc(C(F)(F)F)cc2)cs1. The quantitative estimate of drug-likeness (QED) is 0.641. The van der Waals surface area contributed by atoms with Gasteiger partial charge in [-0.1, -0.05) is 12.1 Å². The van der Waals surface area contributed by atoms with Crippen molar-refractivity contribution in [2.75, 3.05) is 5.32 Å². The summed E-state index contributed by atoms with van der Waals surface area (Å²) in [5.74, 6) is -0.104. The topological polar surface area (TPSA) is 51.2 Å². The third kappa shape index (κ3) is 4.85. The van der Waals surface area contributed by atoms with E-state index in [4.69, 9.17) is 4.74 Å². The molecule has 4 nitrogen and oxygen atoms in total. The predicted octanol–water partition coefficient (Wildman–Crippen LogP) is 5.30. The number of para-hydroxylation sites is 1. The molecular weight excluding hydrogens is 377 g/mol. The van der Waals surface area contributed by atoms with Crippen LogP contribution in [0.5, 0.6) is 5.75 Å². The van der Waals surface area contributed by atoms with Gasteiger partial charge in [0, 0.05) is 11.1 Å². The smallest absolute Gasteiger partial charge is 0.416 e. The third-order valence-corrected chi connectivity index (χ3v) is 4.47. The van der Waals surface area contributed by atoms with Gasteiger partial charge in [-0.15, -0.1) is 11.3 Å². The molecule has 27 heavy (non-hydrogen) atoms. The summed E-state index contributed by atoms with van der Waals surface area (Å²) in [4.78, 5) is 16.8. The molecule has 3 aromatic rings. The molecular formula is C19H15F3N2O2S. The van der Waals surface area contributed by atoms with Gasteiger partial charge in [0.2, 0.25) is 0 Å². The van der Waals surface area contributed by atoms with Crippen molar-refractivity contribution in [1.29, 1.82) is 0 Å². The highest BCUT2D eigenvalue weighted by molar-refractivity contribution is 7.09. The Morgan fingerprint density at radius 1 is 1.15 bits per heavy atom. The zero-order valence-electron chi connectivity index (χ0n) is 14.2. The molecule has 3 rings (SSSR count). The summed E-state index contributed by atoms with van der Waals surface area (Å²) in [5.41, 5.74) is 0.528. The fraction of sp³-hybridized carbons (Fsp3) is 0.158. The minimum Gasteiger partial charge on any atom is -0.486 e. The van der Waals surface area contributed by atoms with E-state index in [1.54, 1.807) is 24.3 Å². The lowest BCUT2D eigenvalue weighted by molar-refractivity contribution is -0.137. The van der Waals surface area contributed by atoms with Gasteiger partial charge in [-0.2, -0.15) is 13.2 Å². The molecule has 2 aromatic carbocycles. The van der Waals surface area contributed by atoms with Crippen LogP contribution in [0.1, 0.15) is 26.6 Å². The summed E-state index contributed by atoms with van der Waals surface area (Å²) in [5, 5.41) is 5.37. The first-order valence-electron chi connectivity index (χ1n) is 7.94. The second-order valence-electron chi connectivity index (χ2n) is 5.67. The van der Waals surface area contributed by atoms with Crippen molar-refractivity contribution in [2.24, 2.45) is 0 Å². The van der Waals surface area contributed by atoms with Crippen molar-refractivity contribution < 1.29 is 22.7 Å². The van der Waals surface area contributed by atoms with E-state index in [0.29, 0.717) is 5.75 Å². The lowest BCUT2D eigenvalue weighted by Crippen LogP contribution is -2.14. The number of nitrogens with zero attached hydrogens (tertiary/aromatic N) is 1. The number of aromatic nitrogens is 1. The van der Waals surface area contributed by atoms with Crippen molar-refractivity contribution in [1.82, 2.24) is 4.98 Å². The first-order valence-corrected chi connectivity index (χ1v) is 8.82. The molecule has 140 valence electrons. The van der Waals surface area contributed by atoms with Gasteiger partial charge in [-0.05, 0) is 43.3 Å². The minimum absolute atomic E-state index is 0.217. The van der Waals surface area contributed by atoms with Crippen molar-refractivity contribution in [2.45, 2.75) is 19.7 Å². The summed E-state index contributed by atoms with van der Waals surface area (Å²) in [6.07, 6.45) is -4.42. The van der Waals surface area contributed by atoms with Gasteiger partial charge in [0.05, 0.1) is 21.8 Å². The summed E-state index contributed by atoms with van der Waals surface area (Å²) < 4.78 is 43.5. The summed E-state index contributed by atoms with van der Waals surface area (Å²) in [6, 6.07) is 10.9. The highest BCUT2D eigenvalue weighted by atomic mass is 32.1. The zero-order valence-corrected chi connectivity index (χ0v) is 15.0. The molecule has 0 aliphatic heterocycles. The first kappa shape index (κ1) is 18.9. The van der Waals surface area contributed by atoms with Crippen molar-refractivity contribution >= 4 is 22.9 Å². The fourth-order valence-corrected chi connectivity index (χ4v) is 2.94. The summed E-state index contributed by atoms with van der Waals surface area (Å²) in [6.45, 7) is 2.11. The van der Waals surface area contributed by atoms with E-state index in [9.17, 15) is 18.0 Å². The number of alkyl halides is 3. The number of carbonyl (C=O) groups is 1. The van der Waals surface area contributed by atoms with Gasteiger partial charge in [0.15, 0.2) is 0 Å². The first-order chi connectivity index (χ1) is 12.8. The van der Waals surface area contributed by atoms with Crippen molar-refractivity contribution in [3.8, 4) is 5.75 Å². The normalized spacial score (nSPS) is 11.3. The predicted molar refractivity (Wildman–Crippen MR) is 97.0 cm³/mol. The van der Waals surface area contributed by atoms with Crippen LogP contribution in [0.3, 0.4) is 0 Å². The van der Waals surface area contributed by atoms with E-state index < -0.39 is 17.6 Å². The van der Waals surface area contributed by atoms with Gasteiger partial charge in [0.25, 0.3) is 5.91 Å². The Bertz CT molecular complexity index is 937. The molecule has 0 radical (unpaired) electrons. The van der Waals surface area contributed by atoms with E-state index in [2.05, 4.69) is 10.3 Å². The number of amides is 1. The molecule has 0 atom stereocenters. The minimum atomic E-state index is -4.42. The molecule has 1 N–H and O–H groups in total. The van der Waals surface area contributed by atoms with E-state index in [1.165, 1.54) is 23.5 Å². The number of benzene rings is 2. The molecule has 0 fully saturated rings. The van der Waals surface area contributed by atoms with Crippen LogP contribution in [0, 0.1) is 6.92 Å². The Kier molecular flexibility index (Phi) is 5.46. The molecule has 0 saturated heterocycles. The Morgan fingerprint density at radius 2 is 1.85 bits per heavy atom. The van der Waals surface area contributed by atoms with Crippen LogP contribution in [-0.2, 0) is 12.8 Å². The lowest BCUT2D eigenvalue weighted by atomic mass is 10.1. The van der Waals surface area contributed by atoms with Crippen LogP contribution in [-0.4, -0.2) is 10.9 Å². The van der Waals surface area contributed by atoms with E-state index >= 15 is 0 Å². The highest BCUT2D eigenvalue weighted by Gasteiger charge is 2.30. The number of rotatable bonds is 5. The monoisotopic (exact) mass is 392 g/mol. The number of carbonyl (C=O) groups excluding carboxylic acids is 1. The van der Waals surface area contributed by atoms with Gasteiger partial charge < -0.3 is 10.1 Å². The Morgan fingerprint density at radius 3 is 2.48 bits per heavy atom. The number of hydrogen-bond donors (Lipinski definition) is 1. The number of ether oxygens (including phenoxy) is 1. The van der Waals surface area contributed by atoms with Crippen LogP contribution in [0.25, 0.3) is 0 Å². The second kappa shape index (κ2) is 7.79. The molecule has 0 spiro atoms. The van der Waals surface area contributed by atoms with Crippen LogP contribution in [0.15, 0.2) is 53.9 Å². The lowest BCUT2D eigenvalue weighted by Gasteiger charge is -2.12. The number of anilines is 1. The average Bonchev–Trinajstić information content (AvgIpc) is 3.05. The zero-order chi connectivity index (χ0) is 19.4. The standard InChI is InChI=1S/C19H15F3N2O2S/c1-12-23-15(11-27-12)10-26-17-5-3-2-4-16(17)18(25)24-14-8-6-13(7-9-14)19(20,21)22/h2-9,11H,10H2,1H3,(H,24,25).